The lowest BCUT2D eigenvalue weighted by molar-refractivity contribution is -0.186. The predicted octanol–water partition coefficient (Wildman–Crippen LogP) is 2.82. The number of carbonyl (C=O) groups is 2. The van der Waals surface area contributed by atoms with E-state index in [4.69, 9.17) is 11.6 Å². The molecule has 1 atom stereocenters. The quantitative estimate of drug-likeness (QED) is 0.913. The fourth-order valence-corrected chi connectivity index (χ4v) is 2.77. The van der Waals surface area contributed by atoms with E-state index in [0.717, 1.165) is 11.1 Å². The molecule has 1 aliphatic rings. The number of aryl methyl sites for hydroxylation is 1. The number of carbonyl (C=O) groups excluding carboxylic acids is 2. The Morgan fingerprint density at radius 2 is 2.09 bits per heavy atom. The summed E-state index contributed by atoms with van der Waals surface area (Å²) in [5, 5.41) is 3.10. The van der Waals surface area contributed by atoms with E-state index in [-0.39, 0.29) is 19.5 Å². The molecule has 0 spiro atoms. The Kier molecular flexibility index (Phi) is 5.19. The normalized spacial score (nSPS) is 18.1. The van der Waals surface area contributed by atoms with Crippen molar-refractivity contribution < 1.29 is 22.8 Å². The number of nitrogens with zero attached hydrogens (tertiary/aromatic N) is 1. The first-order chi connectivity index (χ1) is 10.7. The van der Waals surface area contributed by atoms with Gasteiger partial charge in [0.25, 0.3) is 0 Å². The number of hydrogen-bond donors (Lipinski definition) is 1. The second kappa shape index (κ2) is 6.78. The van der Waals surface area contributed by atoms with Crippen molar-refractivity contribution in [3.8, 4) is 0 Å². The summed E-state index contributed by atoms with van der Waals surface area (Å²) in [7, 11) is 0. The Morgan fingerprint density at radius 3 is 2.74 bits per heavy atom. The van der Waals surface area contributed by atoms with Crippen molar-refractivity contribution in [3.05, 3.63) is 34.3 Å². The minimum atomic E-state index is -4.97. The van der Waals surface area contributed by atoms with Crippen molar-refractivity contribution in [3.63, 3.8) is 0 Å². The summed E-state index contributed by atoms with van der Waals surface area (Å²) < 4.78 is 37.6. The number of nitrogens with one attached hydrogen (secondary N) is 1. The molecule has 1 N–H and O–H groups in total. The molecule has 0 bridgehead atoms. The highest BCUT2D eigenvalue weighted by Gasteiger charge is 2.47. The van der Waals surface area contributed by atoms with E-state index in [1.165, 1.54) is 0 Å². The average Bonchev–Trinajstić information content (AvgIpc) is 2.95. The van der Waals surface area contributed by atoms with Gasteiger partial charge in [0.15, 0.2) is 0 Å². The smallest absolute Gasteiger partial charge is 0.350 e. The number of alkyl halides is 3. The molecule has 1 heterocycles. The minimum absolute atomic E-state index is 0.0629. The van der Waals surface area contributed by atoms with E-state index >= 15 is 0 Å². The van der Waals surface area contributed by atoms with Crippen molar-refractivity contribution in [1.82, 2.24) is 10.2 Å². The van der Waals surface area contributed by atoms with Gasteiger partial charge in [-0.2, -0.15) is 13.2 Å². The summed E-state index contributed by atoms with van der Waals surface area (Å²) in [5.74, 6) is -2.55. The van der Waals surface area contributed by atoms with E-state index in [1.54, 1.807) is 18.2 Å². The Morgan fingerprint density at radius 1 is 1.39 bits per heavy atom. The van der Waals surface area contributed by atoms with Gasteiger partial charge in [0, 0.05) is 18.1 Å². The van der Waals surface area contributed by atoms with E-state index in [0.29, 0.717) is 16.3 Å². The van der Waals surface area contributed by atoms with Gasteiger partial charge in [-0.05, 0) is 43.0 Å². The van der Waals surface area contributed by atoms with Gasteiger partial charge in [-0.25, -0.2) is 0 Å². The van der Waals surface area contributed by atoms with Crippen LogP contribution in [0, 0.1) is 6.92 Å². The molecule has 126 valence electrons. The highest BCUT2D eigenvalue weighted by Crippen LogP contribution is 2.26. The van der Waals surface area contributed by atoms with Crippen molar-refractivity contribution in [2.75, 3.05) is 6.54 Å². The SMILES string of the molecule is Cc1ccc(Cl)cc1CNC(=O)C1CCCN1C(=O)C(F)(F)F. The number of likely N-dealkylation sites (tertiary alicyclic amines) is 1. The number of rotatable bonds is 3. The molecule has 0 saturated carbocycles. The molecule has 2 rings (SSSR count). The van der Waals surface area contributed by atoms with Gasteiger partial charge in [0.05, 0.1) is 0 Å². The molecule has 0 radical (unpaired) electrons. The fraction of sp³-hybridized carbons (Fsp3) is 0.467. The van der Waals surface area contributed by atoms with Gasteiger partial charge in [-0.3, -0.25) is 9.59 Å². The highest BCUT2D eigenvalue weighted by atomic mass is 35.5. The van der Waals surface area contributed by atoms with Crippen LogP contribution in [0.25, 0.3) is 0 Å². The van der Waals surface area contributed by atoms with E-state index < -0.39 is 24.0 Å². The lowest BCUT2D eigenvalue weighted by atomic mass is 10.1. The summed E-state index contributed by atoms with van der Waals surface area (Å²) in [5.41, 5.74) is 1.68. The molecular weight excluding hydrogens is 333 g/mol. The summed E-state index contributed by atoms with van der Waals surface area (Å²) in [6.45, 7) is 1.93. The van der Waals surface area contributed by atoms with Crippen molar-refractivity contribution >= 4 is 23.4 Å². The number of benzene rings is 1. The third-order valence-electron chi connectivity index (χ3n) is 3.82. The third-order valence-corrected chi connectivity index (χ3v) is 4.06. The monoisotopic (exact) mass is 348 g/mol. The van der Waals surface area contributed by atoms with Crippen molar-refractivity contribution in [2.45, 2.75) is 38.5 Å². The maximum atomic E-state index is 12.5. The summed E-state index contributed by atoms with van der Waals surface area (Å²) >= 11 is 5.88. The molecule has 1 aliphatic heterocycles. The Balaban J connectivity index is 2.02. The molecule has 2 amide bonds. The molecule has 0 aliphatic carbocycles. The zero-order valence-corrected chi connectivity index (χ0v) is 13.2. The molecule has 1 fully saturated rings. The number of amides is 2. The van der Waals surface area contributed by atoms with Crippen LogP contribution >= 0.6 is 11.6 Å². The van der Waals surface area contributed by atoms with Gasteiger partial charge >= 0.3 is 12.1 Å². The molecule has 8 heteroatoms. The topological polar surface area (TPSA) is 49.4 Å². The first-order valence-corrected chi connectivity index (χ1v) is 7.48. The zero-order valence-electron chi connectivity index (χ0n) is 12.4. The van der Waals surface area contributed by atoms with E-state index in [1.807, 2.05) is 6.92 Å². The van der Waals surface area contributed by atoms with E-state index in [9.17, 15) is 22.8 Å². The van der Waals surface area contributed by atoms with Crippen LogP contribution in [0.2, 0.25) is 5.02 Å². The Bertz CT molecular complexity index is 619. The molecule has 0 aromatic heterocycles. The van der Waals surface area contributed by atoms with Crippen LogP contribution in [-0.4, -0.2) is 35.5 Å². The summed E-state index contributed by atoms with van der Waals surface area (Å²) in [6, 6.07) is 4.11. The minimum Gasteiger partial charge on any atom is -0.350 e. The van der Waals surface area contributed by atoms with Crippen LogP contribution < -0.4 is 5.32 Å². The molecule has 1 unspecified atom stereocenters. The summed E-state index contributed by atoms with van der Waals surface area (Å²) in [4.78, 5) is 24.1. The standard InChI is InChI=1S/C15H16ClF3N2O2/c1-9-4-5-11(16)7-10(9)8-20-13(22)12-3-2-6-21(12)14(23)15(17,18)19/h4-5,7,12H,2-3,6,8H2,1H3,(H,20,22). The third kappa shape index (κ3) is 4.16. The Hall–Kier alpha value is -1.76. The molecule has 4 nitrogen and oxygen atoms in total. The zero-order chi connectivity index (χ0) is 17.2. The molecule has 1 aromatic rings. The first-order valence-electron chi connectivity index (χ1n) is 7.10. The van der Waals surface area contributed by atoms with Gasteiger partial charge < -0.3 is 10.2 Å². The molecule has 23 heavy (non-hydrogen) atoms. The van der Waals surface area contributed by atoms with Gasteiger partial charge in [-0.15, -0.1) is 0 Å². The lowest BCUT2D eigenvalue weighted by Crippen LogP contribution is -2.50. The van der Waals surface area contributed by atoms with E-state index in [2.05, 4.69) is 5.32 Å². The van der Waals surface area contributed by atoms with Crippen LogP contribution in [0.4, 0.5) is 13.2 Å². The molecule has 1 aromatic carbocycles. The van der Waals surface area contributed by atoms with Crippen LogP contribution in [0.3, 0.4) is 0 Å². The number of halogens is 4. The second-order valence-electron chi connectivity index (χ2n) is 5.44. The summed E-state index contributed by atoms with van der Waals surface area (Å²) in [6.07, 6.45) is -4.37. The number of hydrogen-bond acceptors (Lipinski definition) is 2. The van der Waals surface area contributed by atoms with Crippen LogP contribution in [0.1, 0.15) is 24.0 Å². The largest absolute Gasteiger partial charge is 0.471 e. The second-order valence-corrected chi connectivity index (χ2v) is 5.88. The Labute approximate surface area is 136 Å². The first kappa shape index (κ1) is 17.6. The lowest BCUT2D eigenvalue weighted by Gasteiger charge is -2.24. The maximum Gasteiger partial charge on any atom is 0.471 e. The van der Waals surface area contributed by atoms with Gasteiger partial charge in [0.2, 0.25) is 5.91 Å². The van der Waals surface area contributed by atoms with Gasteiger partial charge in [0.1, 0.15) is 6.04 Å². The van der Waals surface area contributed by atoms with Crippen LogP contribution in [0.5, 0.6) is 0 Å². The van der Waals surface area contributed by atoms with Gasteiger partial charge in [-0.1, -0.05) is 17.7 Å². The average molecular weight is 349 g/mol. The predicted molar refractivity (Wildman–Crippen MR) is 78.8 cm³/mol. The fourth-order valence-electron chi connectivity index (χ4n) is 2.58. The maximum absolute atomic E-state index is 12.5. The van der Waals surface area contributed by atoms with Crippen molar-refractivity contribution in [2.24, 2.45) is 0 Å². The van der Waals surface area contributed by atoms with Crippen LogP contribution in [0.15, 0.2) is 18.2 Å². The highest BCUT2D eigenvalue weighted by molar-refractivity contribution is 6.30. The molecular formula is C15H16ClF3N2O2. The van der Waals surface area contributed by atoms with Crippen LogP contribution in [-0.2, 0) is 16.1 Å². The van der Waals surface area contributed by atoms with Crippen molar-refractivity contribution in [1.29, 1.82) is 0 Å². The molecule has 1 saturated heterocycles.